The van der Waals surface area contributed by atoms with Gasteiger partial charge in [-0.25, -0.2) is 9.50 Å². The summed E-state index contributed by atoms with van der Waals surface area (Å²) in [6.45, 7) is 2.90. The third-order valence-corrected chi connectivity index (χ3v) is 5.60. The Morgan fingerprint density at radius 2 is 2.17 bits per heavy atom. The Morgan fingerprint density at radius 1 is 1.30 bits per heavy atom. The quantitative estimate of drug-likeness (QED) is 0.800. The van der Waals surface area contributed by atoms with Crippen LogP contribution in [0.3, 0.4) is 0 Å². The van der Waals surface area contributed by atoms with Crippen LogP contribution in [0.15, 0.2) is 42.2 Å². The molecule has 0 saturated carbocycles. The van der Waals surface area contributed by atoms with Crippen LogP contribution in [0, 0.1) is 5.92 Å². The van der Waals surface area contributed by atoms with E-state index in [9.17, 15) is 5.11 Å². The maximum Gasteiger partial charge on any atom is 0.159 e. The molecular formula is C17H20N4OS. The van der Waals surface area contributed by atoms with Crippen LogP contribution in [0.1, 0.15) is 29.4 Å². The third-order valence-electron chi connectivity index (χ3n) is 4.66. The van der Waals surface area contributed by atoms with E-state index in [1.165, 1.54) is 5.56 Å². The second kappa shape index (κ2) is 6.39. The molecule has 0 bridgehead atoms. The molecule has 6 heteroatoms. The molecule has 0 radical (unpaired) electrons. The summed E-state index contributed by atoms with van der Waals surface area (Å²) >= 11 is 1.65. The number of fused-ring (bicyclic) bond motifs is 1. The molecule has 0 spiro atoms. The Hall–Kier alpha value is -1.76. The van der Waals surface area contributed by atoms with Crippen LogP contribution in [0.5, 0.6) is 0 Å². The van der Waals surface area contributed by atoms with Gasteiger partial charge in [0.05, 0.1) is 12.3 Å². The van der Waals surface area contributed by atoms with Crippen molar-refractivity contribution < 1.29 is 5.11 Å². The molecule has 23 heavy (non-hydrogen) atoms. The Balaban J connectivity index is 1.38. The lowest BCUT2D eigenvalue weighted by Gasteiger charge is -2.33. The summed E-state index contributed by atoms with van der Waals surface area (Å²) in [5, 5.41) is 16.9. The first-order chi connectivity index (χ1) is 11.3. The summed E-state index contributed by atoms with van der Waals surface area (Å²) < 4.78 is 1.82. The molecule has 0 amide bonds. The highest BCUT2D eigenvalue weighted by Gasteiger charge is 2.27. The van der Waals surface area contributed by atoms with Gasteiger partial charge in [-0.15, -0.1) is 11.3 Å². The van der Waals surface area contributed by atoms with E-state index < -0.39 is 0 Å². The number of nitrogens with zero attached hydrogens (tertiary/aromatic N) is 4. The molecule has 120 valence electrons. The van der Waals surface area contributed by atoms with Crippen molar-refractivity contribution in [2.24, 2.45) is 5.92 Å². The van der Waals surface area contributed by atoms with E-state index in [4.69, 9.17) is 0 Å². The van der Waals surface area contributed by atoms with Gasteiger partial charge in [0.15, 0.2) is 5.65 Å². The zero-order chi connectivity index (χ0) is 15.6. The number of aliphatic hydroxyl groups is 1. The molecular weight excluding hydrogens is 308 g/mol. The van der Waals surface area contributed by atoms with Gasteiger partial charge in [0.2, 0.25) is 0 Å². The van der Waals surface area contributed by atoms with Gasteiger partial charge in [-0.3, -0.25) is 4.90 Å². The van der Waals surface area contributed by atoms with E-state index in [-0.39, 0.29) is 6.10 Å². The summed E-state index contributed by atoms with van der Waals surface area (Å²) in [7, 11) is 0. The molecule has 1 aliphatic heterocycles. The summed E-state index contributed by atoms with van der Waals surface area (Å²) in [6.07, 6.45) is 7.40. The zero-order valence-corrected chi connectivity index (χ0v) is 13.7. The van der Waals surface area contributed by atoms with Crippen molar-refractivity contribution in [3.05, 3.63) is 52.6 Å². The molecule has 3 aromatic heterocycles. The molecule has 1 saturated heterocycles. The van der Waals surface area contributed by atoms with Gasteiger partial charge in [-0.2, -0.15) is 5.10 Å². The van der Waals surface area contributed by atoms with Crippen LogP contribution in [-0.4, -0.2) is 37.7 Å². The first-order valence-electron chi connectivity index (χ1n) is 8.02. The van der Waals surface area contributed by atoms with Crippen molar-refractivity contribution in [1.29, 1.82) is 0 Å². The van der Waals surface area contributed by atoms with Gasteiger partial charge in [0, 0.05) is 29.4 Å². The van der Waals surface area contributed by atoms with Crippen LogP contribution in [0.4, 0.5) is 0 Å². The van der Waals surface area contributed by atoms with Crippen molar-refractivity contribution in [2.75, 3.05) is 13.1 Å². The first kappa shape index (κ1) is 14.8. The minimum Gasteiger partial charge on any atom is -0.387 e. The highest BCUT2D eigenvalue weighted by atomic mass is 32.1. The van der Waals surface area contributed by atoms with Gasteiger partial charge in [-0.05, 0) is 49.4 Å². The lowest BCUT2D eigenvalue weighted by atomic mass is 9.90. The van der Waals surface area contributed by atoms with Gasteiger partial charge in [-0.1, -0.05) is 6.07 Å². The number of aromatic nitrogens is 3. The van der Waals surface area contributed by atoms with Crippen molar-refractivity contribution in [3.8, 4) is 0 Å². The lowest BCUT2D eigenvalue weighted by Crippen LogP contribution is -2.35. The highest BCUT2D eigenvalue weighted by Crippen LogP contribution is 2.33. The number of piperidine rings is 1. The van der Waals surface area contributed by atoms with E-state index in [2.05, 4.69) is 15.0 Å². The van der Waals surface area contributed by atoms with Crippen LogP contribution in [0.25, 0.3) is 5.65 Å². The van der Waals surface area contributed by atoms with Gasteiger partial charge >= 0.3 is 0 Å². The van der Waals surface area contributed by atoms with Crippen LogP contribution in [-0.2, 0) is 6.54 Å². The van der Waals surface area contributed by atoms with Gasteiger partial charge in [0.1, 0.15) is 0 Å². The predicted molar refractivity (Wildman–Crippen MR) is 90.3 cm³/mol. The van der Waals surface area contributed by atoms with Crippen LogP contribution >= 0.6 is 11.3 Å². The monoisotopic (exact) mass is 328 g/mol. The standard InChI is InChI=1S/C17H20N4OS/c22-16(15-3-1-10-23-15)13-4-8-20(9-5-13)12-14-11-19-21-7-2-6-18-17(14)21/h1-3,6-7,10-11,13,16,22H,4-5,8-9,12H2/t16-/m1/s1. The first-order valence-corrected chi connectivity index (χ1v) is 8.90. The fraction of sp³-hybridized carbons (Fsp3) is 0.412. The molecule has 1 N–H and O–H groups in total. The maximum atomic E-state index is 10.5. The second-order valence-corrected chi connectivity index (χ2v) is 7.11. The minimum atomic E-state index is -0.309. The fourth-order valence-corrected chi connectivity index (χ4v) is 4.15. The average Bonchev–Trinajstić information content (AvgIpc) is 3.25. The van der Waals surface area contributed by atoms with Crippen molar-refractivity contribution in [1.82, 2.24) is 19.5 Å². The number of hydrogen-bond acceptors (Lipinski definition) is 5. The fourth-order valence-electron chi connectivity index (χ4n) is 3.35. The summed E-state index contributed by atoms with van der Waals surface area (Å²) in [5.74, 6) is 0.368. The maximum absolute atomic E-state index is 10.5. The molecule has 1 fully saturated rings. The molecule has 0 aliphatic carbocycles. The number of thiophene rings is 1. The Labute approximate surface area is 139 Å². The molecule has 1 atom stereocenters. The van der Waals surface area contributed by atoms with Gasteiger partial charge < -0.3 is 5.11 Å². The predicted octanol–water partition coefficient (Wildman–Crippen LogP) is 2.74. The number of likely N-dealkylation sites (tertiary alicyclic amines) is 1. The number of aliphatic hydroxyl groups excluding tert-OH is 1. The van der Waals surface area contributed by atoms with E-state index >= 15 is 0 Å². The second-order valence-electron chi connectivity index (χ2n) is 6.13. The van der Waals surface area contributed by atoms with Gasteiger partial charge in [0.25, 0.3) is 0 Å². The van der Waals surface area contributed by atoms with E-state index in [0.29, 0.717) is 5.92 Å². The highest BCUT2D eigenvalue weighted by molar-refractivity contribution is 7.10. The molecule has 4 rings (SSSR count). The van der Waals surface area contributed by atoms with Crippen molar-refractivity contribution in [3.63, 3.8) is 0 Å². The Kier molecular flexibility index (Phi) is 4.11. The van der Waals surface area contributed by atoms with E-state index in [1.54, 1.807) is 11.3 Å². The summed E-state index contributed by atoms with van der Waals surface area (Å²) in [5.41, 5.74) is 2.11. The van der Waals surface area contributed by atoms with E-state index in [1.807, 2.05) is 46.7 Å². The molecule has 3 aromatic rings. The Morgan fingerprint density at radius 3 is 2.96 bits per heavy atom. The SMILES string of the molecule is O[C@@H](c1cccs1)C1CCN(Cc2cnn3cccnc23)CC1. The lowest BCUT2D eigenvalue weighted by molar-refractivity contribution is 0.0592. The van der Waals surface area contributed by atoms with Crippen molar-refractivity contribution >= 4 is 17.0 Å². The average molecular weight is 328 g/mol. The third kappa shape index (κ3) is 3.02. The number of rotatable bonds is 4. The minimum absolute atomic E-state index is 0.309. The van der Waals surface area contributed by atoms with Crippen LogP contribution in [0.2, 0.25) is 0 Å². The smallest absolute Gasteiger partial charge is 0.159 e. The molecule has 0 aromatic carbocycles. The summed E-state index contributed by atoms with van der Waals surface area (Å²) in [6, 6.07) is 5.93. The Bertz CT molecular complexity index is 762. The molecule has 4 heterocycles. The largest absolute Gasteiger partial charge is 0.387 e. The molecule has 5 nitrogen and oxygen atoms in total. The topological polar surface area (TPSA) is 53.7 Å². The zero-order valence-electron chi connectivity index (χ0n) is 12.9. The van der Waals surface area contributed by atoms with Crippen LogP contribution < -0.4 is 0 Å². The van der Waals surface area contributed by atoms with E-state index in [0.717, 1.165) is 43.0 Å². The molecule has 1 aliphatic rings. The normalized spacial score (nSPS) is 18.5. The van der Waals surface area contributed by atoms with Crippen molar-refractivity contribution in [2.45, 2.75) is 25.5 Å². The summed E-state index contributed by atoms with van der Waals surface area (Å²) in [4.78, 5) is 7.95. The molecule has 0 unspecified atom stereocenters. The number of hydrogen-bond donors (Lipinski definition) is 1.